The minimum atomic E-state index is -0.971. The topological polar surface area (TPSA) is 109 Å². The van der Waals surface area contributed by atoms with Gasteiger partial charge in [-0.3, -0.25) is 14.4 Å². The number of fused-ring (bicyclic) bond motifs is 1. The van der Waals surface area contributed by atoms with Crippen molar-refractivity contribution in [2.24, 2.45) is 17.6 Å². The van der Waals surface area contributed by atoms with E-state index in [0.717, 1.165) is 42.5 Å². The Balaban J connectivity index is 1.87. The van der Waals surface area contributed by atoms with E-state index in [1.807, 2.05) is 6.08 Å². The summed E-state index contributed by atoms with van der Waals surface area (Å²) in [6.07, 6.45) is 9.24. The number of primary amides is 1. The quantitative estimate of drug-likeness (QED) is 0.565. The average molecular weight is 362 g/mol. The highest BCUT2D eigenvalue weighted by atomic mass is 32.1. The first kappa shape index (κ1) is 17.7. The predicted molar refractivity (Wildman–Crippen MR) is 95.7 cm³/mol. The molecular weight excluding hydrogens is 340 g/mol. The molecule has 25 heavy (non-hydrogen) atoms. The van der Waals surface area contributed by atoms with Gasteiger partial charge >= 0.3 is 5.97 Å². The van der Waals surface area contributed by atoms with Crippen LogP contribution in [0.5, 0.6) is 0 Å². The maximum absolute atomic E-state index is 12.7. The first-order chi connectivity index (χ1) is 12.0. The summed E-state index contributed by atoms with van der Waals surface area (Å²) < 4.78 is 0. The molecule has 0 saturated heterocycles. The van der Waals surface area contributed by atoms with Crippen LogP contribution in [0, 0.1) is 11.8 Å². The molecule has 0 fully saturated rings. The summed E-state index contributed by atoms with van der Waals surface area (Å²) in [5, 5.41) is 12.6. The number of hydrogen-bond acceptors (Lipinski definition) is 4. The van der Waals surface area contributed by atoms with Crippen LogP contribution in [0.2, 0.25) is 0 Å². The van der Waals surface area contributed by atoms with E-state index in [2.05, 4.69) is 5.32 Å². The number of amides is 2. The number of allylic oxidation sites excluding steroid dienone is 2. The number of carbonyl (C=O) groups excluding carboxylic acids is 2. The molecule has 0 bridgehead atoms. The summed E-state index contributed by atoms with van der Waals surface area (Å²) in [5.74, 6) is -3.23. The largest absolute Gasteiger partial charge is 0.481 e. The Morgan fingerprint density at radius 1 is 1.08 bits per heavy atom. The van der Waals surface area contributed by atoms with Crippen molar-refractivity contribution in [3.8, 4) is 0 Å². The molecule has 0 saturated carbocycles. The van der Waals surface area contributed by atoms with Crippen molar-refractivity contribution < 1.29 is 19.5 Å². The summed E-state index contributed by atoms with van der Waals surface area (Å²) in [6, 6.07) is 0. The zero-order chi connectivity index (χ0) is 18.0. The maximum atomic E-state index is 12.7. The van der Waals surface area contributed by atoms with E-state index >= 15 is 0 Å². The van der Waals surface area contributed by atoms with Crippen molar-refractivity contribution in [3.63, 3.8) is 0 Å². The minimum absolute atomic E-state index is 0.344. The van der Waals surface area contributed by atoms with E-state index in [1.54, 1.807) is 6.08 Å². The summed E-state index contributed by atoms with van der Waals surface area (Å²) in [5.41, 5.74) is 6.95. The SMILES string of the molecule is NC(=O)c1c(NC(=O)[C@H]2CC=CC[C@@H]2C(=O)O)sc2c1CCCCC2. The number of rotatable bonds is 4. The number of nitrogens with one attached hydrogen (secondary N) is 1. The molecule has 2 atom stereocenters. The fraction of sp³-hybridized carbons (Fsp3) is 0.500. The molecule has 4 N–H and O–H groups in total. The number of aryl methyl sites for hydroxylation is 1. The highest BCUT2D eigenvalue weighted by Crippen LogP contribution is 2.38. The van der Waals surface area contributed by atoms with Crippen LogP contribution in [-0.4, -0.2) is 22.9 Å². The molecule has 0 spiro atoms. The lowest BCUT2D eigenvalue weighted by atomic mass is 9.82. The lowest BCUT2D eigenvalue weighted by Crippen LogP contribution is -2.35. The van der Waals surface area contributed by atoms with Crippen molar-refractivity contribution >= 4 is 34.1 Å². The first-order valence-corrected chi connectivity index (χ1v) is 9.43. The fourth-order valence-corrected chi connectivity index (χ4v) is 4.97. The van der Waals surface area contributed by atoms with Crippen molar-refractivity contribution in [3.05, 3.63) is 28.2 Å². The highest BCUT2D eigenvalue weighted by molar-refractivity contribution is 7.17. The molecule has 1 heterocycles. The lowest BCUT2D eigenvalue weighted by molar-refractivity contribution is -0.146. The van der Waals surface area contributed by atoms with Crippen LogP contribution in [0.4, 0.5) is 5.00 Å². The molecule has 6 nitrogen and oxygen atoms in total. The predicted octanol–water partition coefficient (Wildman–Crippen LogP) is 2.72. The third-order valence-electron chi connectivity index (χ3n) is 4.99. The smallest absolute Gasteiger partial charge is 0.307 e. The van der Waals surface area contributed by atoms with Crippen LogP contribution in [0.1, 0.15) is 52.9 Å². The van der Waals surface area contributed by atoms with Crippen molar-refractivity contribution in [2.45, 2.75) is 44.9 Å². The van der Waals surface area contributed by atoms with Gasteiger partial charge in [-0.1, -0.05) is 18.6 Å². The minimum Gasteiger partial charge on any atom is -0.481 e. The van der Waals surface area contributed by atoms with E-state index < -0.39 is 23.7 Å². The normalized spacial score (nSPS) is 22.7. The molecule has 2 amide bonds. The summed E-state index contributed by atoms with van der Waals surface area (Å²) in [7, 11) is 0. The summed E-state index contributed by atoms with van der Waals surface area (Å²) >= 11 is 1.41. The number of carboxylic acids is 1. The number of thiophene rings is 1. The van der Waals surface area contributed by atoms with Gasteiger partial charge in [0.15, 0.2) is 0 Å². The molecule has 7 heteroatoms. The Morgan fingerprint density at radius 3 is 2.44 bits per heavy atom. The monoisotopic (exact) mass is 362 g/mol. The van der Waals surface area contributed by atoms with Gasteiger partial charge in [-0.15, -0.1) is 11.3 Å². The second-order valence-corrected chi connectivity index (χ2v) is 7.72. The van der Waals surface area contributed by atoms with Crippen molar-refractivity contribution in [1.29, 1.82) is 0 Å². The van der Waals surface area contributed by atoms with Gasteiger partial charge in [0.2, 0.25) is 5.91 Å². The van der Waals surface area contributed by atoms with Crippen LogP contribution in [0.25, 0.3) is 0 Å². The summed E-state index contributed by atoms with van der Waals surface area (Å²) in [4.78, 5) is 37.2. The van der Waals surface area contributed by atoms with E-state index in [0.29, 0.717) is 23.4 Å². The molecule has 1 aromatic heterocycles. The Hall–Kier alpha value is -2.15. The summed E-state index contributed by atoms with van der Waals surface area (Å²) in [6.45, 7) is 0. The molecular formula is C18H22N2O4S. The third kappa shape index (κ3) is 3.61. The fourth-order valence-electron chi connectivity index (χ4n) is 3.67. The number of carbonyl (C=O) groups is 3. The van der Waals surface area contributed by atoms with Crippen molar-refractivity contribution in [2.75, 3.05) is 5.32 Å². The molecule has 0 unspecified atom stereocenters. The van der Waals surface area contributed by atoms with E-state index in [4.69, 9.17) is 5.73 Å². The van der Waals surface area contributed by atoms with Crippen LogP contribution >= 0.6 is 11.3 Å². The van der Waals surface area contributed by atoms with Gasteiger partial charge in [0.1, 0.15) is 5.00 Å². The van der Waals surface area contributed by atoms with Crippen molar-refractivity contribution in [1.82, 2.24) is 0 Å². The van der Waals surface area contributed by atoms with Gasteiger partial charge < -0.3 is 16.2 Å². The van der Waals surface area contributed by atoms with Gasteiger partial charge in [-0.05, 0) is 44.1 Å². The van der Waals surface area contributed by atoms with Gasteiger partial charge in [0.25, 0.3) is 5.91 Å². The molecule has 2 aliphatic rings. The third-order valence-corrected chi connectivity index (χ3v) is 6.20. The van der Waals surface area contributed by atoms with E-state index in [1.165, 1.54) is 11.3 Å². The van der Waals surface area contributed by atoms with E-state index in [-0.39, 0.29) is 5.91 Å². The Labute approximate surface area is 150 Å². The molecule has 0 aliphatic heterocycles. The second kappa shape index (κ2) is 7.39. The molecule has 0 aromatic carbocycles. The molecule has 2 aliphatic carbocycles. The number of anilines is 1. The molecule has 1 aromatic rings. The Kier molecular flexibility index (Phi) is 5.22. The zero-order valence-electron chi connectivity index (χ0n) is 13.9. The van der Waals surface area contributed by atoms with Crippen LogP contribution in [0.15, 0.2) is 12.2 Å². The molecule has 0 radical (unpaired) electrons. The van der Waals surface area contributed by atoms with Gasteiger partial charge in [0.05, 0.1) is 17.4 Å². The number of hydrogen-bond donors (Lipinski definition) is 3. The van der Waals surface area contributed by atoms with Gasteiger partial charge in [-0.2, -0.15) is 0 Å². The average Bonchev–Trinajstić information content (AvgIpc) is 2.76. The molecule has 134 valence electrons. The zero-order valence-corrected chi connectivity index (χ0v) is 14.7. The van der Waals surface area contributed by atoms with Crippen LogP contribution < -0.4 is 11.1 Å². The van der Waals surface area contributed by atoms with Crippen LogP contribution in [-0.2, 0) is 22.4 Å². The lowest BCUT2D eigenvalue weighted by Gasteiger charge is -2.24. The number of carboxylic acid groups (broad SMARTS) is 1. The maximum Gasteiger partial charge on any atom is 0.307 e. The Bertz CT molecular complexity index is 738. The Morgan fingerprint density at radius 2 is 1.76 bits per heavy atom. The van der Waals surface area contributed by atoms with Crippen LogP contribution in [0.3, 0.4) is 0 Å². The second-order valence-electron chi connectivity index (χ2n) is 6.62. The standard InChI is InChI=1S/C18H22N2O4S/c19-15(21)14-12-8-2-1-3-9-13(12)25-17(14)20-16(22)10-6-4-5-7-11(10)18(23)24/h4-5,10-11H,1-3,6-9H2,(H2,19,21)(H,20,22)(H,23,24)/t10-,11-/m0/s1. The number of nitrogens with two attached hydrogens (primary N) is 1. The first-order valence-electron chi connectivity index (χ1n) is 8.62. The van der Waals surface area contributed by atoms with Gasteiger partial charge in [0, 0.05) is 4.88 Å². The number of aliphatic carboxylic acids is 1. The van der Waals surface area contributed by atoms with E-state index in [9.17, 15) is 19.5 Å². The molecule has 3 rings (SSSR count). The highest BCUT2D eigenvalue weighted by Gasteiger charge is 2.35. The van der Waals surface area contributed by atoms with Gasteiger partial charge in [-0.25, -0.2) is 0 Å².